The number of hydrogen-bond acceptors (Lipinski definition) is 3. The van der Waals surface area contributed by atoms with Crippen molar-refractivity contribution in [3.63, 3.8) is 0 Å². The zero-order valence-electron chi connectivity index (χ0n) is 16.5. The molecular weight excluding hydrogens is 334 g/mol. The molecular formula is C22H28B2O3. The van der Waals surface area contributed by atoms with Crippen molar-refractivity contribution in [1.82, 2.24) is 0 Å². The second kappa shape index (κ2) is 7.12. The van der Waals surface area contributed by atoms with Crippen LogP contribution in [0.4, 0.5) is 0 Å². The van der Waals surface area contributed by atoms with Gasteiger partial charge in [0.2, 0.25) is 0 Å². The summed E-state index contributed by atoms with van der Waals surface area (Å²) in [6.07, 6.45) is 2.60. The van der Waals surface area contributed by atoms with Gasteiger partial charge < -0.3 is 14.9 Å². The van der Waals surface area contributed by atoms with Gasteiger partial charge in [0.25, 0.3) is 0 Å². The van der Waals surface area contributed by atoms with Gasteiger partial charge in [-0.3, -0.25) is 0 Å². The maximum atomic E-state index is 10.2. The summed E-state index contributed by atoms with van der Waals surface area (Å²) in [5, 5.41) is 19.5. The summed E-state index contributed by atoms with van der Waals surface area (Å²) in [6, 6.07) is 13.4. The Morgan fingerprint density at radius 2 is 1.85 bits per heavy atom. The molecule has 0 spiro atoms. The van der Waals surface area contributed by atoms with Gasteiger partial charge in [-0.1, -0.05) is 42.0 Å². The van der Waals surface area contributed by atoms with Crippen LogP contribution in [0.2, 0.25) is 0 Å². The van der Waals surface area contributed by atoms with Gasteiger partial charge in [-0.15, -0.1) is 0 Å². The van der Waals surface area contributed by atoms with Gasteiger partial charge in [0.15, 0.2) is 0 Å². The average Bonchev–Trinajstić information content (AvgIpc) is 2.62. The summed E-state index contributed by atoms with van der Waals surface area (Å²) in [4.78, 5) is 0. The van der Waals surface area contributed by atoms with E-state index in [-0.39, 0.29) is 24.0 Å². The summed E-state index contributed by atoms with van der Waals surface area (Å²) in [6.45, 7) is 2.11. The van der Waals surface area contributed by atoms with Gasteiger partial charge in [0, 0.05) is 12.8 Å². The molecule has 2 aromatic carbocycles. The van der Waals surface area contributed by atoms with Crippen molar-refractivity contribution in [2.24, 2.45) is 0 Å². The van der Waals surface area contributed by atoms with E-state index in [9.17, 15) is 10.2 Å². The Morgan fingerprint density at radius 3 is 2.52 bits per heavy atom. The van der Waals surface area contributed by atoms with Gasteiger partial charge in [-0.2, -0.15) is 0 Å². The fourth-order valence-corrected chi connectivity index (χ4v) is 4.58. The Balaban J connectivity index is 1.68. The van der Waals surface area contributed by atoms with Crippen LogP contribution in [0.3, 0.4) is 0 Å². The minimum absolute atomic E-state index is 0.0487. The van der Waals surface area contributed by atoms with Crippen LogP contribution in [0.5, 0.6) is 0 Å². The number of fused-ring (bicyclic) bond motifs is 1. The molecule has 3 atom stereocenters. The molecule has 0 aromatic heterocycles. The van der Waals surface area contributed by atoms with E-state index in [0.29, 0.717) is 12.8 Å². The number of aliphatic hydroxyl groups excluding tert-OH is 2. The Labute approximate surface area is 163 Å². The quantitative estimate of drug-likeness (QED) is 0.803. The SMILES string of the molecule is BC(B)(c1ccc2c(c1)CC2)c1cc(C2CC(O)CC(CO)O2)ccc1C. The summed E-state index contributed by atoms with van der Waals surface area (Å²) in [5.74, 6) is 0. The minimum atomic E-state index is -0.424. The summed E-state index contributed by atoms with van der Waals surface area (Å²) >= 11 is 0. The van der Waals surface area contributed by atoms with E-state index in [2.05, 4.69) is 59.0 Å². The third-order valence-corrected chi connectivity index (χ3v) is 6.48. The van der Waals surface area contributed by atoms with Crippen molar-refractivity contribution in [3.8, 4) is 0 Å². The molecule has 3 nitrogen and oxygen atoms in total. The fourth-order valence-electron chi connectivity index (χ4n) is 4.58. The third kappa shape index (κ3) is 3.49. The molecule has 1 fully saturated rings. The van der Waals surface area contributed by atoms with Crippen LogP contribution < -0.4 is 0 Å². The number of hydrogen-bond donors (Lipinski definition) is 2. The van der Waals surface area contributed by atoms with Crippen molar-refractivity contribution in [3.05, 3.63) is 69.8 Å². The molecule has 0 saturated carbocycles. The second-order valence-corrected chi connectivity index (χ2v) is 8.74. The predicted molar refractivity (Wildman–Crippen MR) is 113 cm³/mol. The summed E-state index contributed by atoms with van der Waals surface area (Å²) < 4.78 is 6.04. The average molecular weight is 362 g/mol. The van der Waals surface area contributed by atoms with Crippen LogP contribution in [0, 0.1) is 6.92 Å². The monoisotopic (exact) mass is 362 g/mol. The lowest BCUT2D eigenvalue weighted by Gasteiger charge is -2.35. The fraction of sp³-hybridized carbons (Fsp3) is 0.455. The first-order valence-electron chi connectivity index (χ1n) is 10.1. The Hall–Kier alpha value is -1.55. The maximum absolute atomic E-state index is 10.2. The number of rotatable bonds is 4. The molecule has 0 radical (unpaired) electrons. The lowest BCUT2D eigenvalue weighted by Crippen LogP contribution is -2.34. The molecule has 0 bridgehead atoms. The summed E-state index contributed by atoms with van der Waals surface area (Å²) in [5.41, 5.74) is 7.97. The molecule has 2 N–H and O–H groups in total. The molecule has 2 aliphatic rings. The van der Waals surface area contributed by atoms with Crippen molar-refractivity contribution >= 4 is 15.7 Å². The van der Waals surface area contributed by atoms with Gasteiger partial charge in [0.1, 0.15) is 15.7 Å². The van der Waals surface area contributed by atoms with E-state index in [4.69, 9.17) is 4.74 Å². The van der Waals surface area contributed by atoms with Crippen LogP contribution in [0.1, 0.15) is 52.3 Å². The maximum Gasteiger partial charge on any atom is 0.110 e. The lowest BCUT2D eigenvalue weighted by atomic mass is 9.47. The minimum Gasteiger partial charge on any atom is -0.394 e. The van der Waals surface area contributed by atoms with E-state index in [1.807, 2.05) is 0 Å². The van der Waals surface area contributed by atoms with Gasteiger partial charge in [-0.05, 0) is 52.8 Å². The highest BCUT2D eigenvalue weighted by Gasteiger charge is 2.31. The molecule has 5 heteroatoms. The number of benzene rings is 2. The number of aliphatic hydroxyl groups is 2. The van der Waals surface area contributed by atoms with E-state index < -0.39 is 6.10 Å². The highest BCUT2D eigenvalue weighted by molar-refractivity contribution is 6.42. The largest absolute Gasteiger partial charge is 0.394 e. The number of ether oxygens (including phenoxy) is 1. The van der Waals surface area contributed by atoms with Crippen LogP contribution >= 0.6 is 0 Å². The molecule has 2 aromatic rings. The third-order valence-electron chi connectivity index (χ3n) is 6.48. The van der Waals surface area contributed by atoms with Gasteiger partial charge in [-0.25, -0.2) is 0 Å². The molecule has 27 heavy (non-hydrogen) atoms. The topological polar surface area (TPSA) is 49.7 Å². The van der Waals surface area contributed by atoms with E-state index in [0.717, 1.165) is 5.56 Å². The summed E-state index contributed by atoms with van der Waals surface area (Å²) in [7, 11) is 4.57. The van der Waals surface area contributed by atoms with Crippen molar-refractivity contribution in [2.75, 3.05) is 6.61 Å². The first kappa shape index (κ1) is 18.8. The van der Waals surface area contributed by atoms with Crippen LogP contribution in [0.25, 0.3) is 0 Å². The first-order valence-corrected chi connectivity index (χ1v) is 10.1. The van der Waals surface area contributed by atoms with Crippen molar-refractivity contribution in [1.29, 1.82) is 0 Å². The predicted octanol–water partition coefficient (Wildman–Crippen LogP) is 1.13. The zero-order valence-corrected chi connectivity index (χ0v) is 16.5. The van der Waals surface area contributed by atoms with Crippen LogP contribution in [-0.2, 0) is 22.8 Å². The highest BCUT2D eigenvalue weighted by Crippen LogP contribution is 2.37. The highest BCUT2D eigenvalue weighted by atomic mass is 16.5. The molecule has 1 aliphatic carbocycles. The molecule has 1 aliphatic heterocycles. The standard InChI is InChI=1S/C22H28B2O3/c1-13-2-3-16(21-11-18(26)10-19(12-25)27-21)9-20(13)22(23,24)17-7-6-14-4-5-15(14)8-17/h2-3,6-9,18-19,21,25-26H,4-5,10-12,23-24H2,1H3. The van der Waals surface area contributed by atoms with E-state index in [1.54, 1.807) is 0 Å². The molecule has 0 amide bonds. The van der Waals surface area contributed by atoms with Crippen molar-refractivity contribution in [2.45, 2.75) is 56.1 Å². The lowest BCUT2D eigenvalue weighted by molar-refractivity contribution is -0.113. The smallest absolute Gasteiger partial charge is 0.110 e. The first-order chi connectivity index (χ1) is 12.9. The van der Waals surface area contributed by atoms with Gasteiger partial charge >= 0.3 is 0 Å². The molecule has 4 rings (SSSR count). The molecule has 140 valence electrons. The zero-order chi connectivity index (χ0) is 19.2. The van der Waals surface area contributed by atoms with Crippen LogP contribution in [-0.4, -0.2) is 44.7 Å². The number of aryl methyl sites for hydroxylation is 3. The van der Waals surface area contributed by atoms with E-state index >= 15 is 0 Å². The van der Waals surface area contributed by atoms with Crippen LogP contribution in [0.15, 0.2) is 36.4 Å². The Morgan fingerprint density at radius 1 is 1.07 bits per heavy atom. The Bertz CT molecular complexity index is 849. The van der Waals surface area contributed by atoms with Gasteiger partial charge in [0.05, 0.1) is 24.9 Å². The molecule has 1 heterocycles. The Kier molecular flexibility index (Phi) is 4.96. The molecule has 3 unspecified atom stereocenters. The second-order valence-electron chi connectivity index (χ2n) is 8.74. The van der Waals surface area contributed by atoms with Crippen molar-refractivity contribution < 1.29 is 14.9 Å². The molecule has 1 saturated heterocycles. The normalized spacial score (nSPS) is 24.9. The van der Waals surface area contributed by atoms with E-state index in [1.165, 1.54) is 40.7 Å².